The highest BCUT2D eigenvalue weighted by atomic mass is 32.1. The normalized spacial score (nSPS) is 11.2. The molecule has 10 heteroatoms. The second-order valence-corrected chi connectivity index (χ2v) is 10.5. The first-order valence-corrected chi connectivity index (χ1v) is 13.8. The van der Waals surface area contributed by atoms with E-state index in [1.165, 1.54) is 6.07 Å². The molecule has 0 saturated heterocycles. The number of hydrogen-bond donors (Lipinski definition) is 2. The molecule has 42 heavy (non-hydrogen) atoms. The fourth-order valence-corrected chi connectivity index (χ4v) is 5.95. The van der Waals surface area contributed by atoms with E-state index in [4.69, 9.17) is 10.8 Å². The van der Waals surface area contributed by atoms with Gasteiger partial charge in [-0.2, -0.15) is 5.10 Å². The Kier molecular flexibility index (Phi) is 7.05. The molecule has 0 saturated carbocycles. The number of benzene rings is 3. The molecule has 6 aromatic rings. The van der Waals surface area contributed by atoms with Crippen molar-refractivity contribution in [1.82, 2.24) is 14.8 Å². The molecule has 0 aliphatic heterocycles. The Hall–Kier alpha value is -5.22. The first kappa shape index (κ1) is 27.0. The topological polar surface area (TPSA) is 103 Å². The third kappa shape index (κ3) is 4.82. The van der Waals surface area contributed by atoms with Gasteiger partial charge in [0.1, 0.15) is 21.1 Å². The predicted molar refractivity (Wildman–Crippen MR) is 160 cm³/mol. The number of thiophene rings is 1. The summed E-state index contributed by atoms with van der Waals surface area (Å²) in [4.78, 5) is 31.1. The highest BCUT2D eigenvalue weighted by molar-refractivity contribution is 7.21. The molecular weight excluding hydrogens is 556 g/mol. The number of carbonyl (C=O) groups is 2. The first-order chi connectivity index (χ1) is 20.3. The molecule has 3 heterocycles. The number of nitrogens with one attached hydrogen (secondary N) is 1. The third-order valence-electron chi connectivity index (χ3n) is 6.84. The van der Waals surface area contributed by atoms with Crippen molar-refractivity contribution in [3.05, 3.63) is 119 Å². The number of carbonyl (C=O) groups excluding carboxylic acids is 2. The minimum atomic E-state index is -2.84. The smallest absolute Gasteiger partial charge is 0.280 e. The van der Waals surface area contributed by atoms with Gasteiger partial charge < -0.3 is 11.1 Å². The quantitative estimate of drug-likeness (QED) is 0.206. The van der Waals surface area contributed by atoms with Crippen molar-refractivity contribution in [3.63, 3.8) is 0 Å². The van der Waals surface area contributed by atoms with Gasteiger partial charge in [-0.1, -0.05) is 78.9 Å². The van der Waals surface area contributed by atoms with Crippen molar-refractivity contribution < 1.29 is 18.4 Å². The van der Waals surface area contributed by atoms with Crippen LogP contribution >= 0.6 is 11.3 Å². The van der Waals surface area contributed by atoms with Crippen LogP contribution in [-0.2, 0) is 0 Å². The Balaban J connectivity index is 1.56. The number of amides is 2. The maximum atomic E-state index is 14.2. The number of anilines is 1. The van der Waals surface area contributed by atoms with Crippen LogP contribution in [-0.4, -0.2) is 26.6 Å². The number of fused-ring (bicyclic) bond motifs is 1. The number of rotatable bonds is 7. The summed E-state index contributed by atoms with van der Waals surface area (Å²) in [5.41, 5.74) is 9.22. The lowest BCUT2D eigenvalue weighted by atomic mass is 10.0. The molecule has 0 atom stereocenters. The summed E-state index contributed by atoms with van der Waals surface area (Å²) >= 11 is 0.862. The van der Waals surface area contributed by atoms with Crippen LogP contribution in [0.4, 0.5) is 14.5 Å². The van der Waals surface area contributed by atoms with Gasteiger partial charge in [0.15, 0.2) is 0 Å². The van der Waals surface area contributed by atoms with Crippen molar-refractivity contribution in [2.45, 2.75) is 13.3 Å². The highest BCUT2D eigenvalue weighted by Crippen LogP contribution is 2.43. The molecule has 0 spiro atoms. The molecule has 0 bridgehead atoms. The Morgan fingerprint density at radius 2 is 1.50 bits per heavy atom. The number of hydrogen-bond acceptors (Lipinski definition) is 5. The zero-order chi connectivity index (χ0) is 29.4. The van der Waals surface area contributed by atoms with Crippen molar-refractivity contribution in [3.8, 4) is 28.1 Å². The first-order valence-electron chi connectivity index (χ1n) is 13.0. The van der Waals surface area contributed by atoms with Crippen molar-refractivity contribution in [2.24, 2.45) is 5.73 Å². The van der Waals surface area contributed by atoms with E-state index in [0.717, 1.165) is 22.6 Å². The summed E-state index contributed by atoms with van der Waals surface area (Å²) in [7, 11) is 0. The number of pyridine rings is 1. The zero-order valence-electron chi connectivity index (χ0n) is 22.2. The Morgan fingerprint density at radius 1 is 0.905 bits per heavy atom. The van der Waals surface area contributed by atoms with Gasteiger partial charge in [-0.15, -0.1) is 11.3 Å². The molecule has 3 aromatic carbocycles. The molecule has 2 amide bonds. The van der Waals surface area contributed by atoms with Crippen LogP contribution in [0.1, 0.15) is 37.8 Å². The van der Waals surface area contributed by atoms with Gasteiger partial charge in [-0.25, -0.2) is 18.4 Å². The van der Waals surface area contributed by atoms with Crippen LogP contribution in [0.5, 0.6) is 0 Å². The molecule has 0 radical (unpaired) electrons. The number of nitrogens with zero attached hydrogens (tertiary/aromatic N) is 3. The van der Waals surface area contributed by atoms with Gasteiger partial charge >= 0.3 is 0 Å². The number of aromatic nitrogens is 3. The highest BCUT2D eigenvalue weighted by Gasteiger charge is 2.28. The van der Waals surface area contributed by atoms with E-state index in [1.807, 2.05) is 60.7 Å². The van der Waals surface area contributed by atoms with Crippen LogP contribution in [0.3, 0.4) is 0 Å². The summed E-state index contributed by atoms with van der Waals surface area (Å²) in [5, 5.41) is 8.04. The minimum Gasteiger partial charge on any atom is -0.365 e. The molecule has 3 N–H and O–H groups in total. The molecular formula is C32H23F2N5O2S. The van der Waals surface area contributed by atoms with E-state index >= 15 is 0 Å². The largest absolute Gasteiger partial charge is 0.365 e. The van der Waals surface area contributed by atoms with Crippen LogP contribution in [0.15, 0.2) is 97.1 Å². The molecule has 3 aromatic heterocycles. The van der Waals surface area contributed by atoms with E-state index in [2.05, 4.69) is 10.3 Å². The van der Waals surface area contributed by atoms with E-state index in [9.17, 15) is 18.4 Å². The summed E-state index contributed by atoms with van der Waals surface area (Å²) in [6.45, 7) is 1.79. The number of para-hydroxylation sites is 1. The number of primary amides is 1. The van der Waals surface area contributed by atoms with Gasteiger partial charge in [-0.3, -0.25) is 9.59 Å². The third-order valence-corrected chi connectivity index (χ3v) is 7.94. The monoisotopic (exact) mass is 579 g/mol. The number of nitrogens with two attached hydrogens (primary N) is 1. The summed E-state index contributed by atoms with van der Waals surface area (Å²) in [5.74, 6) is -1.35. The van der Waals surface area contributed by atoms with E-state index in [0.29, 0.717) is 33.5 Å². The van der Waals surface area contributed by atoms with Crippen LogP contribution < -0.4 is 11.1 Å². The van der Waals surface area contributed by atoms with Gasteiger partial charge in [0.2, 0.25) is 0 Å². The summed E-state index contributed by atoms with van der Waals surface area (Å²) in [6.07, 6.45) is -2.84. The maximum absolute atomic E-state index is 14.2. The van der Waals surface area contributed by atoms with Crippen LogP contribution in [0.25, 0.3) is 38.3 Å². The fourth-order valence-electron chi connectivity index (χ4n) is 4.94. The van der Waals surface area contributed by atoms with Gasteiger partial charge in [-0.05, 0) is 36.2 Å². The van der Waals surface area contributed by atoms with Gasteiger partial charge in [0.25, 0.3) is 18.2 Å². The van der Waals surface area contributed by atoms with Crippen molar-refractivity contribution in [1.29, 1.82) is 0 Å². The minimum absolute atomic E-state index is 0.00353. The molecule has 0 fully saturated rings. The number of halogens is 2. The Bertz CT molecular complexity index is 1940. The lowest BCUT2D eigenvalue weighted by Crippen LogP contribution is -2.18. The molecule has 6 rings (SSSR count). The van der Waals surface area contributed by atoms with E-state index in [1.54, 1.807) is 41.9 Å². The second-order valence-electron chi connectivity index (χ2n) is 9.49. The predicted octanol–water partition coefficient (Wildman–Crippen LogP) is 7.41. The second kappa shape index (κ2) is 11.0. The summed E-state index contributed by atoms with van der Waals surface area (Å²) in [6, 6.07) is 28.8. The fraction of sp³-hybridized carbons (Fsp3) is 0.0625. The molecule has 7 nitrogen and oxygen atoms in total. The van der Waals surface area contributed by atoms with E-state index < -0.39 is 23.9 Å². The molecule has 0 aliphatic carbocycles. The SMILES string of the molecule is Cc1c(C(=O)Nc2c(C(N)=O)sc3nc(C(F)F)cc(-c4ccccc4)c23)c(-c2ccccc2)nn1-c1ccccc1. The van der Waals surface area contributed by atoms with E-state index in [-0.39, 0.29) is 15.4 Å². The maximum Gasteiger partial charge on any atom is 0.280 e. The lowest BCUT2D eigenvalue weighted by molar-refractivity contribution is 0.100. The van der Waals surface area contributed by atoms with Gasteiger partial charge in [0, 0.05) is 10.9 Å². The standard InChI is InChI=1S/C32H23F2N5O2S/c1-18-24(26(20-13-7-3-8-14-20)38-39(18)21-15-9-4-10-16-21)31(41)37-27-25-22(19-11-5-2-6-12-19)17-23(29(33)34)36-32(25)42-28(27)30(35)40/h2-17,29H,1H3,(H2,35,40)(H,37,41). The Labute approximate surface area is 243 Å². The molecule has 208 valence electrons. The molecule has 0 unspecified atom stereocenters. The Morgan fingerprint density at radius 3 is 2.10 bits per heavy atom. The van der Waals surface area contributed by atoms with Crippen molar-refractivity contribution in [2.75, 3.05) is 5.32 Å². The lowest BCUT2D eigenvalue weighted by Gasteiger charge is -2.12. The van der Waals surface area contributed by atoms with Crippen LogP contribution in [0.2, 0.25) is 0 Å². The average Bonchev–Trinajstić information content (AvgIpc) is 3.56. The van der Waals surface area contributed by atoms with Crippen LogP contribution in [0, 0.1) is 6.92 Å². The van der Waals surface area contributed by atoms with Crippen molar-refractivity contribution >= 4 is 39.1 Å². The average molecular weight is 580 g/mol. The summed E-state index contributed by atoms with van der Waals surface area (Å²) < 4.78 is 29.4. The number of alkyl halides is 2. The van der Waals surface area contributed by atoms with Gasteiger partial charge in [0.05, 0.1) is 22.6 Å². The molecule has 0 aliphatic rings. The zero-order valence-corrected chi connectivity index (χ0v) is 23.0.